The first-order valence-corrected chi connectivity index (χ1v) is 10.7. The van der Waals surface area contributed by atoms with Gasteiger partial charge in [0.15, 0.2) is 0 Å². The van der Waals surface area contributed by atoms with Crippen molar-refractivity contribution in [3.8, 4) is 0 Å². The van der Waals surface area contributed by atoms with Crippen molar-refractivity contribution in [3.63, 3.8) is 0 Å². The summed E-state index contributed by atoms with van der Waals surface area (Å²) >= 11 is -0.920. The first-order chi connectivity index (χ1) is 8.61. The van der Waals surface area contributed by atoms with Crippen LogP contribution < -0.4 is 24.8 Å². The Kier molecular flexibility index (Phi) is 7.02. The van der Waals surface area contributed by atoms with Crippen LogP contribution in [0.3, 0.4) is 0 Å². The van der Waals surface area contributed by atoms with E-state index in [1.54, 1.807) is 11.1 Å². The molecular weight excluding hydrogens is 466 g/mol. The zero-order valence-corrected chi connectivity index (χ0v) is 19.5. The average Bonchev–Trinajstić information content (AvgIpc) is 2.61. The van der Waals surface area contributed by atoms with E-state index in [2.05, 4.69) is 67.5 Å². The fourth-order valence-corrected chi connectivity index (χ4v) is 12.1. The Bertz CT molecular complexity index is 516. The smallest absolute Gasteiger partial charge is 1.00 e. The van der Waals surface area contributed by atoms with Crippen molar-refractivity contribution < 1.29 is 47.7 Å². The molecule has 2 unspecified atom stereocenters. The molecule has 2 aliphatic carbocycles. The molecule has 3 heteroatoms. The molecule has 0 aliphatic heterocycles. The van der Waals surface area contributed by atoms with E-state index < -0.39 is 22.9 Å². The minimum Gasteiger partial charge on any atom is -1.00 e. The summed E-state index contributed by atoms with van der Waals surface area (Å²) in [5.41, 5.74) is 9.36. The van der Waals surface area contributed by atoms with Crippen LogP contribution in [0.2, 0.25) is 6.34 Å². The molecule has 2 aliphatic rings. The normalized spacial score (nSPS) is 31.4. The Morgan fingerprint density at radius 2 is 0.952 bits per heavy atom. The number of hydrogen-bond acceptors (Lipinski definition) is 0. The third-order valence-electron chi connectivity index (χ3n) is 5.40. The fourth-order valence-electron chi connectivity index (χ4n) is 3.47. The first kappa shape index (κ1) is 21.4. The third kappa shape index (κ3) is 3.51. The summed E-state index contributed by atoms with van der Waals surface area (Å²) in [4.78, 5) is 0. The van der Waals surface area contributed by atoms with Gasteiger partial charge in [-0.05, 0) is 0 Å². The van der Waals surface area contributed by atoms with E-state index in [1.807, 2.05) is 0 Å². The Balaban J connectivity index is 0.00000200. The minimum absolute atomic E-state index is 0. The SMILES string of the molecule is CC1=C[C](C)([Hf+2][C]2(C)C=C(C)C(C)=C2C)C(C)=C1C.[Cl-].[Cl-]. The van der Waals surface area contributed by atoms with E-state index in [-0.39, 0.29) is 24.8 Å². The maximum absolute atomic E-state index is 2.57. The predicted octanol–water partition coefficient (Wildman–Crippen LogP) is 0.0267. The maximum atomic E-state index is 2.57. The number of hydrogen-bond donors (Lipinski definition) is 0. The van der Waals surface area contributed by atoms with Crippen molar-refractivity contribution in [3.05, 3.63) is 45.6 Å². The van der Waals surface area contributed by atoms with Crippen LogP contribution in [-0.2, 0) is 22.9 Å². The van der Waals surface area contributed by atoms with Gasteiger partial charge in [0.1, 0.15) is 0 Å². The first-order valence-electron chi connectivity index (χ1n) is 7.15. The van der Waals surface area contributed by atoms with Gasteiger partial charge in [-0.3, -0.25) is 0 Å². The summed E-state index contributed by atoms with van der Waals surface area (Å²) in [5.74, 6) is 0. The molecule has 2 atom stereocenters. The molecule has 0 radical (unpaired) electrons. The van der Waals surface area contributed by atoms with Crippen LogP contribution in [0.1, 0.15) is 55.4 Å². The zero-order valence-electron chi connectivity index (χ0n) is 14.4. The summed E-state index contributed by atoms with van der Waals surface area (Å²) in [6.07, 6.45) is 5.13. The molecule has 0 spiro atoms. The van der Waals surface area contributed by atoms with Gasteiger partial charge in [0.05, 0.1) is 0 Å². The van der Waals surface area contributed by atoms with Crippen LogP contribution in [0.25, 0.3) is 0 Å². The largest absolute Gasteiger partial charge is 1.00 e. The molecule has 2 rings (SSSR count). The number of rotatable bonds is 2. The molecule has 0 fully saturated rings. The van der Waals surface area contributed by atoms with Gasteiger partial charge in [0, 0.05) is 0 Å². The van der Waals surface area contributed by atoms with E-state index in [4.69, 9.17) is 0 Å². The van der Waals surface area contributed by atoms with Gasteiger partial charge in [-0.1, -0.05) is 0 Å². The second-order valence-electron chi connectivity index (χ2n) is 6.68. The Hall–Kier alpha value is 0.410. The van der Waals surface area contributed by atoms with Gasteiger partial charge in [0.25, 0.3) is 0 Å². The predicted molar refractivity (Wildman–Crippen MR) is 81.0 cm³/mol. The van der Waals surface area contributed by atoms with Crippen LogP contribution in [-0.4, -0.2) is 0 Å². The van der Waals surface area contributed by atoms with Gasteiger partial charge >= 0.3 is 130 Å². The van der Waals surface area contributed by atoms with Gasteiger partial charge < -0.3 is 24.8 Å². The summed E-state index contributed by atoms with van der Waals surface area (Å²) in [6.45, 7) is 18.8. The molecule has 0 amide bonds. The zero-order chi connectivity index (χ0) is 14.6. The maximum Gasteiger partial charge on any atom is -1.00 e. The molecule has 0 heterocycles. The van der Waals surface area contributed by atoms with Crippen molar-refractivity contribution in [2.24, 2.45) is 0 Å². The minimum atomic E-state index is -0.920. The van der Waals surface area contributed by atoms with Crippen molar-refractivity contribution in [1.82, 2.24) is 0 Å². The van der Waals surface area contributed by atoms with Crippen LogP contribution >= 0.6 is 0 Å². The molecule has 0 bridgehead atoms. The Morgan fingerprint density at radius 3 is 1.14 bits per heavy atom. The molecule has 0 aromatic rings. The molecule has 0 saturated heterocycles. The van der Waals surface area contributed by atoms with E-state index in [9.17, 15) is 0 Å². The van der Waals surface area contributed by atoms with Crippen molar-refractivity contribution in [2.75, 3.05) is 0 Å². The van der Waals surface area contributed by atoms with Crippen LogP contribution in [0.15, 0.2) is 45.6 Å². The van der Waals surface area contributed by atoms with Crippen LogP contribution in [0.4, 0.5) is 0 Å². The number of halogens is 2. The molecule has 0 saturated carbocycles. The molecule has 0 aromatic heterocycles. The summed E-state index contributed by atoms with van der Waals surface area (Å²) in [6, 6.07) is 0. The summed E-state index contributed by atoms with van der Waals surface area (Å²) in [7, 11) is 0. The van der Waals surface area contributed by atoms with Gasteiger partial charge in [-0.2, -0.15) is 0 Å². The molecule has 0 aromatic carbocycles. The fraction of sp³-hybridized carbons (Fsp3) is 0.556. The van der Waals surface area contributed by atoms with E-state index in [0.717, 1.165) is 0 Å². The van der Waals surface area contributed by atoms with E-state index in [1.165, 1.54) is 22.3 Å². The van der Waals surface area contributed by atoms with Crippen LogP contribution in [0.5, 0.6) is 0 Å². The van der Waals surface area contributed by atoms with Crippen molar-refractivity contribution in [2.45, 2.75) is 61.7 Å². The van der Waals surface area contributed by atoms with Crippen molar-refractivity contribution in [1.29, 1.82) is 0 Å². The molecular formula is C18H26Cl2Hf. The second kappa shape index (κ2) is 6.89. The number of allylic oxidation sites excluding steroid dienone is 8. The van der Waals surface area contributed by atoms with E-state index in [0.29, 0.717) is 6.34 Å². The molecule has 21 heavy (non-hydrogen) atoms. The van der Waals surface area contributed by atoms with Crippen LogP contribution in [0, 0.1) is 0 Å². The second-order valence-corrected chi connectivity index (χ2v) is 15.0. The Morgan fingerprint density at radius 1 is 0.667 bits per heavy atom. The summed E-state index contributed by atoms with van der Waals surface area (Å²) in [5, 5.41) is 0. The standard InChI is InChI=1S/2C9H13.2ClH.Hf/c2*1-6-5-7(2)9(4)8(6)3;;;/h2*5H,1-4H3;2*1H;/q;;;;+2/p-2. The van der Waals surface area contributed by atoms with E-state index >= 15 is 0 Å². The van der Waals surface area contributed by atoms with Gasteiger partial charge in [-0.15, -0.1) is 0 Å². The monoisotopic (exact) mass is 492 g/mol. The van der Waals surface area contributed by atoms with Gasteiger partial charge in [-0.25, -0.2) is 0 Å². The topological polar surface area (TPSA) is 0 Å². The third-order valence-corrected chi connectivity index (χ3v) is 12.9. The summed E-state index contributed by atoms with van der Waals surface area (Å²) < 4.78 is 0.817. The van der Waals surface area contributed by atoms with Gasteiger partial charge in [0.2, 0.25) is 0 Å². The van der Waals surface area contributed by atoms with Crippen molar-refractivity contribution >= 4 is 0 Å². The quantitative estimate of drug-likeness (QED) is 0.478. The Labute approximate surface area is 154 Å². The molecule has 0 N–H and O–H groups in total. The molecule has 0 nitrogen and oxygen atoms in total. The molecule has 116 valence electrons. The average molecular weight is 492 g/mol.